The van der Waals surface area contributed by atoms with Crippen molar-refractivity contribution in [3.63, 3.8) is 0 Å². The highest BCUT2D eigenvalue weighted by molar-refractivity contribution is 6.17. The molecule has 1 aromatic rings. The first-order valence-electron chi connectivity index (χ1n) is 4.43. The van der Waals surface area contributed by atoms with E-state index < -0.39 is 12.4 Å². The van der Waals surface area contributed by atoms with Crippen LogP contribution >= 0.6 is 11.6 Å². The van der Waals surface area contributed by atoms with E-state index in [1.165, 1.54) is 20.2 Å². The number of hydrogen-bond donors (Lipinski definition) is 0. The smallest absolute Gasteiger partial charge is 0.339 e. The van der Waals surface area contributed by atoms with Gasteiger partial charge in [-0.1, -0.05) is 0 Å². The molecule has 16 heavy (non-hydrogen) atoms. The molecule has 1 rings (SSSR count). The van der Waals surface area contributed by atoms with Gasteiger partial charge in [0, 0.05) is 11.8 Å². The summed E-state index contributed by atoms with van der Waals surface area (Å²) >= 11 is 5.50. The van der Waals surface area contributed by atoms with E-state index in [4.69, 9.17) is 11.6 Å². The highest BCUT2D eigenvalue weighted by Gasteiger charge is 2.22. The normalized spacial score (nSPS) is 10.6. The Labute approximate surface area is 96.4 Å². The average molecular weight is 250 g/mol. The second-order valence-corrected chi connectivity index (χ2v) is 3.35. The maximum absolute atomic E-state index is 12.8. The number of methoxy groups -OCH3 is 1. The Balaban J connectivity index is 3.37. The Morgan fingerprint density at radius 2 is 2.25 bits per heavy atom. The number of rotatable bonds is 3. The van der Waals surface area contributed by atoms with Crippen molar-refractivity contribution in [3.05, 3.63) is 28.6 Å². The van der Waals surface area contributed by atoms with Gasteiger partial charge in [-0.05, 0) is 12.5 Å². The molecule has 0 amide bonds. The van der Waals surface area contributed by atoms with Gasteiger partial charge in [-0.25, -0.2) is 13.6 Å². The zero-order valence-electron chi connectivity index (χ0n) is 8.76. The summed E-state index contributed by atoms with van der Waals surface area (Å²) in [4.78, 5) is 15.0. The zero-order valence-corrected chi connectivity index (χ0v) is 9.52. The quantitative estimate of drug-likeness (QED) is 0.611. The van der Waals surface area contributed by atoms with Crippen molar-refractivity contribution in [1.29, 1.82) is 0 Å². The summed E-state index contributed by atoms with van der Waals surface area (Å²) in [6, 6.07) is 0. The fraction of sp³-hybridized carbons (Fsp3) is 0.400. The molecule has 0 fully saturated rings. The van der Waals surface area contributed by atoms with E-state index in [9.17, 15) is 13.6 Å². The van der Waals surface area contributed by atoms with Crippen molar-refractivity contribution in [1.82, 2.24) is 4.98 Å². The molecule has 0 atom stereocenters. The van der Waals surface area contributed by atoms with Gasteiger partial charge in [-0.15, -0.1) is 11.6 Å². The molecule has 88 valence electrons. The van der Waals surface area contributed by atoms with Gasteiger partial charge in [0.05, 0.1) is 24.2 Å². The topological polar surface area (TPSA) is 39.2 Å². The summed E-state index contributed by atoms with van der Waals surface area (Å²) in [6.45, 7) is 1.42. The second kappa shape index (κ2) is 5.21. The number of ether oxygens (including phenoxy) is 1. The average Bonchev–Trinajstić information content (AvgIpc) is 2.26. The SMILES string of the molecule is COC(=O)c1cnc(CCl)c(C(F)F)c1C. The lowest BCUT2D eigenvalue weighted by Crippen LogP contribution is -2.10. The van der Waals surface area contributed by atoms with Crippen LogP contribution in [0.2, 0.25) is 0 Å². The van der Waals surface area contributed by atoms with E-state index in [0.29, 0.717) is 0 Å². The minimum absolute atomic E-state index is 0.0340. The largest absolute Gasteiger partial charge is 0.465 e. The second-order valence-electron chi connectivity index (χ2n) is 3.08. The summed E-state index contributed by atoms with van der Waals surface area (Å²) in [7, 11) is 1.18. The van der Waals surface area contributed by atoms with Gasteiger partial charge in [0.15, 0.2) is 0 Å². The first-order valence-corrected chi connectivity index (χ1v) is 4.97. The summed E-state index contributed by atoms with van der Waals surface area (Å²) in [5.74, 6) is -0.810. The molecule has 0 aromatic carbocycles. The maximum atomic E-state index is 12.8. The molecule has 0 bridgehead atoms. The number of carbonyl (C=O) groups excluding carboxylic acids is 1. The zero-order chi connectivity index (χ0) is 12.3. The summed E-state index contributed by atoms with van der Waals surface area (Å²) < 4.78 is 30.0. The lowest BCUT2D eigenvalue weighted by Gasteiger charge is -2.12. The van der Waals surface area contributed by atoms with Crippen molar-refractivity contribution < 1.29 is 18.3 Å². The number of aromatic nitrogens is 1. The van der Waals surface area contributed by atoms with Crippen LogP contribution in [-0.2, 0) is 10.6 Å². The third-order valence-corrected chi connectivity index (χ3v) is 2.47. The Morgan fingerprint density at radius 3 is 2.69 bits per heavy atom. The number of nitrogens with zero attached hydrogens (tertiary/aromatic N) is 1. The molecule has 0 unspecified atom stereocenters. The van der Waals surface area contributed by atoms with Crippen LogP contribution in [0.3, 0.4) is 0 Å². The third kappa shape index (κ3) is 2.29. The van der Waals surface area contributed by atoms with Gasteiger partial charge in [-0.2, -0.15) is 0 Å². The molecule has 6 heteroatoms. The molecular weight excluding hydrogens is 240 g/mol. The number of hydrogen-bond acceptors (Lipinski definition) is 3. The predicted octanol–water partition coefficient (Wildman–Crippen LogP) is 2.85. The van der Waals surface area contributed by atoms with Gasteiger partial charge < -0.3 is 4.74 Å². The first kappa shape index (κ1) is 12.8. The van der Waals surface area contributed by atoms with Crippen LogP contribution in [0.5, 0.6) is 0 Å². The highest BCUT2D eigenvalue weighted by Crippen LogP contribution is 2.28. The summed E-state index contributed by atoms with van der Waals surface area (Å²) in [6.07, 6.45) is -1.52. The monoisotopic (exact) mass is 249 g/mol. The molecule has 3 nitrogen and oxygen atoms in total. The Hall–Kier alpha value is -1.23. The number of halogens is 3. The van der Waals surface area contributed by atoms with E-state index in [1.54, 1.807) is 0 Å². The van der Waals surface area contributed by atoms with Crippen molar-refractivity contribution in [3.8, 4) is 0 Å². The van der Waals surface area contributed by atoms with E-state index >= 15 is 0 Å². The number of pyridine rings is 1. The summed E-state index contributed by atoms with van der Waals surface area (Å²) in [5.41, 5.74) is -0.0149. The van der Waals surface area contributed by atoms with Crippen molar-refractivity contribution >= 4 is 17.6 Å². The lowest BCUT2D eigenvalue weighted by molar-refractivity contribution is 0.0598. The van der Waals surface area contributed by atoms with Crippen LogP contribution in [0.1, 0.15) is 33.6 Å². The first-order chi connectivity index (χ1) is 7.52. The number of carbonyl (C=O) groups is 1. The number of esters is 1. The molecule has 1 heterocycles. The van der Waals surface area contributed by atoms with Gasteiger partial charge in [0.2, 0.25) is 0 Å². The van der Waals surface area contributed by atoms with Crippen LogP contribution < -0.4 is 0 Å². The van der Waals surface area contributed by atoms with Gasteiger partial charge in [0.1, 0.15) is 0 Å². The minimum atomic E-state index is -2.72. The van der Waals surface area contributed by atoms with Crippen LogP contribution in [-0.4, -0.2) is 18.1 Å². The molecule has 0 aliphatic carbocycles. The maximum Gasteiger partial charge on any atom is 0.339 e. The van der Waals surface area contributed by atoms with Crippen LogP contribution in [0, 0.1) is 6.92 Å². The standard InChI is InChI=1S/C10H10ClF2NO2/c1-5-6(10(15)16-2)4-14-7(3-11)8(5)9(12)13/h4,9H,3H2,1-2H3. The molecule has 1 aromatic heterocycles. The van der Waals surface area contributed by atoms with Crippen molar-refractivity contribution in [2.75, 3.05) is 7.11 Å². The Bertz CT molecular complexity index is 410. The van der Waals surface area contributed by atoms with Gasteiger partial charge >= 0.3 is 5.97 Å². The van der Waals surface area contributed by atoms with E-state index in [1.807, 2.05) is 0 Å². The molecule has 0 N–H and O–H groups in total. The Morgan fingerprint density at radius 1 is 1.62 bits per heavy atom. The molecule has 0 spiro atoms. The molecular formula is C10H10ClF2NO2. The van der Waals surface area contributed by atoms with Crippen molar-refractivity contribution in [2.45, 2.75) is 19.2 Å². The van der Waals surface area contributed by atoms with E-state index in [-0.39, 0.29) is 28.3 Å². The number of alkyl halides is 3. The fourth-order valence-electron chi connectivity index (χ4n) is 1.38. The van der Waals surface area contributed by atoms with Crippen LogP contribution in [0.4, 0.5) is 8.78 Å². The Kier molecular flexibility index (Phi) is 4.18. The molecule has 0 saturated carbocycles. The molecule has 0 radical (unpaired) electrons. The van der Waals surface area contributed by atoms with E-state index in [2.05, 4.69) is 9.72 Å². The van der Waals surface area contributed by atoms with Crippen molar-refractivity contribution in [2.24, 2.45) is 0 Å². The molecule has 0 aliphatic heterocycles. The fourth-order valence-corrected chi connectivity index (χ4v) is 1.60. The van der Waals surface area contributed by atoms with E-state index in [0.717, 1.165) is 0 Å². The highest BCUT2D eigenvalue weighted by atomic mass is 35.5. The van der Waals surface area contributed by atoms with Gasteiger partial charge in [-0.3, -0.25) is 4.98 Å². The molecule has 0 saturated heterocycles. The lowest BCUT2D eigenvalue weighted by atomic mass is 10.0. The van der Waals surface area contributed by atoms with Crippen LogP contribution in [0.15, 0.2) is 6.20 Å². The van der Waals surface area contributed by atoms with Crippen LogP contribution in [0.25, 0.3) is 0 Å². The van der Waals surface area contributed by atoms with Gasteiger partial charge in [0.25, 0.3) is 6.43 Å². The minimum Gasteiger partial charge on any atom is -0.465 e. The molecule has 0 aliphatic rings. The predicted molar refractivity (Wildman–Crippen MR) is 54.8 cm³/mol. The third-order valence-electron chi connectivity index (χ3n) is 2.22. The summed E-state index contributed by atoms with van der Waals surface area (Å²) in [5, 5.41) is 0.